The van der Waals surface area contributed by atoms with Gasteiger partial charge < -0.3 is 5.32 Å². The van der Waals surface area contributed by atoms with E-state index in [2.05, 4.69) is 20.6 Å². The lowest BCUT2D eigenvalue weighted by Crippen LogP contribution is -2.21. The minimum atomic E-state index is -0.210. The summed E-state index contributed by atoms with van der Waals surface area (Å²) in [5.74, 6) is -0.210. The number of hydrogen-bond acceptors (Lipinski definition) is 6. The maximum absolute atomic E-state index is 12.1. The van der Waals surface area contributed by atoms with Crippen molar-refractivity contribution in [2.45, 2.75) is 6.54 Å². The normalized spacial score (nSPS) is 10.8. The topological polar surface area (TPSA) is 94.7 Å². The number of hydrogen-bond donors (Lipinski definition) is 1. The maximum atomic E-state index is 12.1. The molecule has 4 rings (SSSR count). The van der Waals surface area contributed by atoms with E-state index in [4.69, 9.17) is 11.6 Å². The fourth-order valence-corrected chi connectivity index (χ4v) is 3.49. The number of halogens is 1. The molecule has 0 radical (unpaired) electrons. The summed E-state index contributed by atoms with van der Waals surface area (Å²) in [6.45, 7) is 0.249. The van der Waals surface area contributed by atoms with E-state index in [-0.39, 0.29) is 18.0 Å². The van der Waals surface area contributed by atoms with Gasteiger partial charge in [-0.15, -0.1) is 16.4 Å². The summed E-state index contributed by atoms with van der Waals surface area (Å²) >= 11 is 7.06. The first kappa shape index (κ1) is 18.1. The van der Waals surface area contributed by atoms with E-state index in [0.29, 0.717) is 14.9 Å². The quantitative estimate of drug-likeness (QED) is 0.543. The average Bonchev–Trinajstić information content (AvgIpc) is 3.36. The van der Waals surface area contributed by atoms with Crippen LogP contribution in [-0.2, 0) is 6.54 Å². The molecule has 140 valence electrons. The number of thiophene rings is 1. The van der Waals surface area contributed by atoms with Gasteiger partial charge >= 0.3 is 0 Å². The van der Waals surface area contributed by atoms with Gasteiger partial charge in [0.1, 0.15) is 5.69 Å². The highest BCUT2D eigenvalue weighted by atomic mass is 35.5. The molecule has 8 nitrogen and oxygen atoms in total. The number of nitrogens with one attached hydrogen (secondary N) is 1. The zero-order valence-electron chi connectivity index (χ0n) is 14.3. The van der Waals surface area contributed by atoms with Crippen LogP contribution in [0.5, 0.6) is 0 Å². The van der Waals surface area contributed by atoms with Crippen LogP contribution < -0.4 is 10.9 Å². The van der Waals surface area contributed by atoms with E-state index in [1.807, 2.05) is 12.1 Å². The Morgan fingerprint density at radius 1 is 1.14 bits per heavy atom. The Kier molecular flexibility index (Phi) is 5.00. The number of rotatable bonds is 5. The second kappa shape index (κ2) is 7.75. The van der Waals surface area contributed by atoms with Gasteiger partial charge in [0, 0.05) is 18.1 Å². The van der Waals surface area contributed by atoms with Crippen molar-refractivity contribution in [1.29, 1.82) is 0 Å². The van der Waals surface area contributed by atoms with Gasteiger partial charge in [0.05, 0.1) is 33.8 Å². The molecule has 0 fully saturated rings. The Bertz CT molecular complexity index is 1180. The van der Waals surface area contributed by atoms with Crippen LogP contribution in [0.3, 0.4) is 0 Å². The zero-order chi connectivity index (χ0) is 19.5. The summed E-state index contributed by atoms with van der Waals surface area (Å²) in [7, 11) is 0. The predicted molar refractivity (Wildman–Crippen MR) is 105 cm³/mol. The molecule has 28 heavy (non-hydrogen) atoms. The van der Waals surface area contributed by atoms with E-state index in [9.17, 15) is 9.59 Å². The Balaban J connectivity index is 1.45. The highest BCUT2D eigenvalue weighted by Crippen LogP contribution is 2.21. The van der Waals surface area contributed by atoms with Gasteiger partial charge in [-0.2, -0.15) is 0 Å². The van der Waals surface area contributed by atoms with E-state index in [0.717, 1.165) is 11.4 Å². The molecule has 4 aromatic rings. The van der Waals surface area contributed by atoms with Gasteiger partial charge in [0.25, 0.3) is 11.5 Å². The van der Waals surface area contributed by atoms with Crippen LogP contribution in [0.25, 0.3) is 11.4 Å². The molecule has 10 heteroatoms. The van der Waals surface area contributed by atoms with Gasteiger partial charge in [-0.1, -0.05) is 16.8 Å². The average molecular weight is 413 g/mol. The van der Waals surface area contributed by atoms with E-state index in [1.165, 1.54) is 22.1 Å². The summed E-state index contributed by atoms with van der Waals surface area (Å²) in [4.78, 5) is 28.2. The standard InChI is InChI=1S/C18H13ClN6O2S/c19-16-6-5-15(28-16)18(27)21-9-12-11-25(23-22-12)14-3-1-13(2-4-14)24-8-7-20-10-17(24)26/h1-8,10-11H,9H2,(H,21,27). The van der Waals surface area contributed by atoms with E-state index in [1.54, 1.807) is 47.5 Å². The molecule has 0 aliphatic heterocycles. The molecular formula is C18H13ClN6O2S. The van der Waals surface area contributed by atoms with Crippen LogP contribution in [0.15, 0.2) is 66.0 Å². The van der Waals surface area contributed by atoms with Crippen molar-refractivity contribution in [2.24, 2.45) is 0 Å². The minimum absolute atomic E-state index is 0.207. The Hall–Kier alpha value is -3.30. The lowest BCUT2D eigenvalue weighted by Gasteiger charge is -2.06. The van der Waals surface area contributed by atoms with Crippen LogP contribution in [-0.4, -0.2) is 30.5 Å². The molecule has 0 atom stereocenters. The molecular weight excluding hydrogens is 400 g/mol. The molecule has 0 bridgehead atoms. The number of amides is 1. The molecule has 0 spiro atoms. The number of aromatic nitrogens is 5. The number of nitrogens with zero attached hydrogens (tertiary/aromatic N) is 5. The molecule has 0 aliphatic rings. The molecule has 0 aliphatic carbocycles. The SMILES string of the molecule is O=C(NCc1cn(-c2ccc(-n3ccncc3=O)cc2)nn1)c1ccc(Cl)s1. The first-order valence-corrected chi connectivity index (χ1v) is 9.38. The lowest BCUT2D eigenvalue weighted by molar-refractivity contribution is 0.0954. The van der Waals surface area contributed by atoms with Crippen LogP contribution in [0.1, 0.15) is 15.4 Å². The molecule has 1 aromatic carbocycles. The van der Waals surface area contributed by atoms with Gasteiger partial charge in [-0.25, -0.2) is 4.68 Å². The molecule has 1 amide bonds. The largest absolute Gasteiger partial charge is 0.346 e. The second-order valence-electron chi connectivity index (χ2n) is 5.74. The smallest absolute Gasteiger partial charge is 0.273 e. The van der Waals surface area contributed by atoms with Crippen molar-refractivity contribution >= 4 is 28.8 Å². The number of benzene rings is 1. The fourth-order valence-electron chi connectivity index (χ4n) is 2.53. The molecule has 3 heterocycles. The molecule has 0 unspecified atom stereocenters. The van der Waals surface area contributed by atoms with Gasteiger partial charge in [0.15, 0.2) is 0 Å². The molecule has 0 saturated heterocycles. The molecule has 1 N–H and O–H groups in total. The summed E-state index contributed by atoms with van der Waals surface area (Å²) in [5, 5.41) is 10.9. The number of carbonyl (C=O) groups is 1. The predicted octanol–water partition coefficient (Wildman–Crippen LogP) is 2.46. The fraction of sp³-hybridized carbons (Fsp3) is 0.0556. The third kappa shape index (κ3) is 3.85. The zero-order valence-corrected chi connectivity index (χ0v) is 15.9. The Labute approximate surface area is 168 Å². The van der Waals surface area contributed by atoms with Crippen LogP contribution in [0.2, 0.25) is 4.34 Å². The summed E-state index contributed by atoms with van der Waals surface area (Å²) < 4.78 is 3.66. The highest BCUT2D eigenvalue weighted by molar-refractivity contribution is 7.17. The van der Waals surface area contributed by atoms with Gasteiger partial charge in [-0.3, -0.25) is 19.1 Å². The van der Waals surface area contributed by atoms with Crippen LogP contribution in [0.4, 0.5) is 0 Å². The van der Waals surface area contributed by atoms with E-state index >= 15 is 0 Å². The third-order valence-electron chi connectivity index (χ3n) is 3.88. The minimum Gasteiger partial charge on any atom is -0.346 e. The van der Waals surface area contributed by atoms with Crippen molar-refractivity contribution in [2.75, 3.05) is 0 Å². The Morgan fingerprint density at radius 3 is 2.64 bits per heavy atom. The maximum Gasteiger partial charge on any atom is 0.273 e. The molecule has 3 aromatic heterocycles. The van der Waals surface area contributed by atoms with Crippen molar-refractivity contribution in [3.05, 3.63) is 86.4 Å². The van der Waals surface area contributed by atoms with Crippen molar-refractivity contribution in [1.82, 2.24) is 29.9 Å². The summed E-state index contributed by atoms with van der Waals surface area (Å²) in [6.07, 6.45) is 6.15. The third-order valence-corrected chi connectivity index (χ3v) is 5.11. The van der Waals surface area contributed by atoms with E-state index < -0.39 is 0 Å². The van der Waals surface area contributed by atoms with Crippen LogP contribution >= 0.6 is 22.9 Å². The second-order valence-corrected chi connectivity index (χ2v) is 7.46. The monoisotopic (exact) mass is 412 g/mol. The Morgan fingerprint density at radius 2 is 1.93 bits per heavy atom. The lowest BCUT2D eigenvalue weighted by atomic mass is 10.2. The van der Waals surface area contributed by atoms with Crippen LogP contribution in [0, 0.1) is 0 Å². The summed E-state index contributed by atoms with van der Waals surface area (Å²) in [5.41, 5.74) is 1.91. The van der Waals surface area contributed by atoms with Gasteiger partial charge in [0.2, 0.25) is 0 Å². The number of carbonyl (C=O) groups excluding carboxylic acids is 1. The first-order valence-electron chi connectivity index (χ1n) is 8.18. The van der Waals surface area contributed by atoms with Crippen molar-refractivity contribution in [3.8, 4) is 11.4 Å². The van der Waals surface area contributed by atoms with Gasteiger partial charge in [-0.05, 0) is 36.4 Å². The van der Waals surface area contributed by atoms with Crippen molar-refractivity contribution < 1.29 is 4.79 Å². The molecule has 0 saturated carbocycles. The highest BCUT2D eigenvalue weighted by Gasteiger charge is 2.10. The van der Waals surface area contributed by atoms with Crippen molar-refractivity contribution in [3.63, 3.8) is 0 Å². The summed E-state index contributed by atoms with van der Waals surface area (Å²) in [6, 6.07) is 10.6. The first-order chi connectivity index (χ1) is 13.6.